The molecule has 0 spiro atoms. The van der Waals surface area contributed by atoms with E-state index in [0.717, 1.165) is 36.7 Å². The monoisotopic (exact) mass is 291 g/mol. The maximum Gasteiger partial charge on any atom is 0.159 e. The van der Waals surface area contributed by atoms with E-state index in [-0.39, 0.29) is 0 Å². The second kappa shape index (κ2) is 5.35. The Morgan fingerprint density at radius 1 is 1.09 bits per heavy atom. The highest BCUT2D eigenvalue weighted by Gasteiger charge is 2.22. The summed E-state index contributed by atoms with van der Waals surface area (Å²) in [7, 11) is 1.98. The number of fused-ring (bicyclic) bond motifs is 1. The maximum atomic E-state index is 4.75. The fourth-order valence-electron chi connectivity index (χ4n) is 2.84. The zero-order valence-electron chi connectivity index (χ0n) is 12.5. The summed E-state index contributed by atoms with van der Waals surface area (Å²) in [6.07, 6.45) is 3.81. The molecule has 0 bridgehead atoms. The lowest BCUT2D eigenvalue weighted by atomic mass is 10.2. The van der Waals surface area contributed by atoms with Crippen LogP contribution in [0.2, 0.25) is 0 Å². The SMILES string of the molecule is Cn1nccc1CN1Cc2cnc(-c3ccccc3)nc2C1. The van der Waals surface area contributed by atoms with Crippen LogP contribution in [0.25, 0.3) is 11.4 Å². The summed E-state index contributed by atoms with van der Waals surface area (Å²) in [6, 6.07) is 12.2. The second-order valence-electron chi connectivity index (χ2n) is 5.62. The van der Waals surface area contributed by atoms with Crippen LogP contribution in [-0.4, -0.2) is 24.6 Å². The van der Waals surface area contributed by atoms with E-state index in [1.807, 2.05) is 54.5 Å². The van der Waals surface area contributed by atoms with E-state index in [1.165, 1.54) is 11.3 Å². The van der Waals surface area contributed by atoms with Crippen LogP contribution in [0.5, 0.6) is 0 Å². The molecule has 1 aromatic carbocycles. The van der Waals surface area contributed by atoms with E-state index < -0.39 is 0 Å². The smallest absolute Gasteiger partial charge is 0.159 e. The Morgan fingerprint density at radius 3 is 2.73 bits per heavy atom. The van der Waals surface area contributed by atoms with Gasteiger partial charge in [0.25, 0.3) is 0 Å². The van der Waals surface area contributed by atoms with Gasteiger partial charge in [0, 0.05) is 50.2 Å². The molecule has 5 heteroatoms. The molecule has 0 saturated carbocycles. The minimum absolute atomic E-state index is 0.807. The molecule has 0 N–H and O–H groups in total. The summed E-state index contributed by atoms with van der Waals surface area (Å²) in [5, 5.41) is 4.22. The van der Waals surface area contributed by atoms with Gasteiger partial charge >= 0.3 is 0 Å². The molecule has 3 aromatic rings. The first-order valence-electron chi connectivity index (χ1n) is 7.39. The quantitative estimate of drug-likeness (QED) is 0.743. The molecule has 0 atom stereocenters. The van der Waals surface area contributed by atoms with E-state index in [9.17, 15) is 0 Å². The highest BCUT2D eigenvalue weighted by Crippen LogP contribution is 2.24. The van der Waals surface area contributed by atoms with E-state index in [1.54, 1.807) is 0 Å². The third kappa shape index (κ3) is 2.40. The molecule has 22 heavy (non-hydrogen) atoms. The fourth-order valence-corrected chi connectivity index (χ4v) is 2.84. The Bertz CT molecular complexity index is 794. The third-order valence-electron chi connectivity index (χ3n) is 4.06. The van der Waals surface area contributed by atoms with Crippen LogP contribution in [-0.2, 0) is 26.7 Å². The Balaban J connectivity index is 1.55. The molecule has 4 rings (SSSR count). The number of hydrogen-bond donors (Lipinski definition) is 0. The molecule has 3 heterocycles. The van der Waals surface area contributed by atoms with Gasteiger partial charge in [0.05, 0.1) is 11.4 Å². The second-order valence-corrected chi connectivity index (χ2v) is 5.62. The summed E-state index contributed by atoms with van der Waals surface area (Å²) in [6.45, 7) is 2.64. The van der Waals surface area contributed by atoms with Crippen molar-refractivity contribution in [2.75, 3.05) is 0 Å². The lowest BCUT2D eigenvalue weighted by Crippen LogP contribution is -2.17. The van der Waals surface area contributed by atoms with Crippen molar-refractivity contribution in [3.8, 4) is 11.4 Å². The molecule has 0 saturated heterocycles. The number of rotatable bonds is 3. The van der Waals surface area contributed by atoms with E-state index in [4.69, 9.17) is 4.98 Å². The van der Waals surface area contributed by atoms with Gasteiger partial charge in [0.2, 0.25) is 0 Å². The first kappa shape index (κ1) is 13.2. The van der Waals surface area contributed by atoms with Crippen molar-refractivity contribution in [3.05, 3.63) is 65.7 Å². The van der Waals surface area contributed by atoms with Crippen LogP contribution in [0, 0.1) is 0 Å². The van der Waals surface area contributed by atoms with Crippen molar-refractivity contribution in [3.63, 3.8) is 0 Å². The molecule has 5 nitrogen and oxygen atoms in total. The molecule has 0 radical (unpaired) electrons. The highest BCUT2D eigenvalue weighted by atomic mass is 15.3. The van der Waals surface area contributed by atoms with Gasteiger partial charge in [0.15, 0.2) is 5.82 Å². The molecule has 1 aliphatic rings. The fraction of sp³-hybridized carbons (Fsp3) is 0.235. The third-order valence-corrected chi connectivity index (χ3v) is 4.06. The molecule has 0 fully saturated rings. The minimum Gasteiger partial charge on any atom is -0.287 e. The summed E-state index contributed by atoms with van der Waals surface area (Å²) < 4.78 is 1.92. The van der Waals surface area contributed by atoms with Gasteiger partial charge < -0.3 is 0 Å². The lowest BCUT2D eigenvalue weighted by molar-refractivity contribution is 0.266. The van der Waals surface area contributed by atoms with E-state index >= 15 is 0 Å². The van der Waals surface area contributed by atoms with Crippen molar-refractivity contribution in [1.82, 2.24) is 24.6 Å². The van der Waals surface area contributed by atoms with Gasteiger partial charge in [-0.25, -0.2) is 9.97 Å². The number of aromatic nitrogens is 4. The molecule has 0 amide bonds. The van der Waals surface area contributed by atoms with Crippen LogP contribution in [0.4, 0.5) is 0 Å². The number of hydrogen-bond acceptors (Lipinski definition) is 4. The van der Waals surface area contributed by atoms with Crippen LogP contribution in [0.3, 0.4) is 0 Å². The molecular formula is C17H17N5. The first-order chi connectivity index (χ1) is 10.8. The van der Waals surface area contributed by atoms with Crippen LogP contribution >= 0.6 is 0 Å². The van der Waals surface area contributed by atoms with Gasteiger partial charge in [-0.05, 0) is 6.07 Å². The minimum atomic E-state index is 0.807. The van der Waals surface area contributed by atoms with Crippen LogP contribution in [0.1, 0.15) is 17.0 Å². The number of aryl methyl sites for hydroxylation is 1. The normalized spacial score (nSPS) is 14.2. The molecule has 1 aliphatic heterocycles. The Hall–Kier alpha value is -2.53. The Labute approximate surface area is 129 Å². The molecular weight excluding hydrogens is 274 g/mol. The highest BCUT2D eigenvalue weighted by molar-refractivity contribution is 5.54. The molecule has 0 unspecified atom stereocenters. The van der Waals surface area contributed by atoms with E-state index in [2.05, 4.69) is 21.0 Å². The van der Waals surface area contributed by atoms with Crippen molar-refractivity contribution >= 4 is 0 Å². The Kier molecular flexibility index (Phi) is 3.20. The van der Waals surface area contributed by atoms with Gasteiger partial charge in [-0.15, -0.1) is 0 Å². The first-order valence-corrected chi connectivity index (χ1v) is 7.39. The predicted molar refractivity (Wildman–Crippen MR) is 83.6 cm³/mol. The molecule has 0 aliphatic carbocycles. The average molecular weight is 291 g/mol. The van der Waals surface area contributed by atoms with Crippen molar-refractivity contribution in [1.29, 1.82) is 0 Å². The summed E-state index contributed by atoms with van der Waals surface area (Å²) in [5.41, 5.74) is 4.64. The van der Waals surface area contributed by atoms with Gasteiger partial charge in [-0.1, -0.05) is 30.3 Å². The van der Waals surface area contributed by atoms with Gasteiger partial charge in [-0.2, -0.15) is 5.10 Å². The van der Waals surface area contributed by atoms with Crippen molar-refractivity contribution in [2.45, 2.75) is 19.6 Å². The number of nitrogens with zero attached hydrogens (tertiary/aromatic N) is 5. The Morgan fingerprint density at radius 2 is 1.95 bits per heavy atom. The van der Waals surface area contributed by atoms with Crippen molar-refractivity contribution in [2.24, 2.45) is 7.05 Å². The topological polar surface area (TPSA) is 46.8 Å². The number of benzene rings is 1. The predicted octanol–water partition coefficient (Wildman–Crippen LogP) is 2.39. The van der Waals surface area contributed by atoms with E-state index in [0.29, 0.717) is 0 Å². The van der Waals surface area contributed by atoms with Crippen molar-refractivity contribution < 1.29 is 0 Å². The largest absolute Gasteiger partial charge is 0.287 e. The molecule has 2 aromatic heterocycles. The van der Waals surface area contributed by atoms with Gasteiger partial charge in [0.1, 0.15) is 0 Å². The summed E-state index contributed by atoms with van der Waals surface area (Å²) in [4.78, 5) is 11.6. The molecule has 110 valence electrons. The summed E-state index contributed by atoms with van der Waals surface area (Å²) >= 11 is 0. The lowest BCUT2D eigenvalue weighted by Gasteiger charge is -2.13. The summed E-state index contributed by atoms with van der Waals surface area (Å²) in [5.74, 6) is 0.807. The van der Waals surface area contributed by atoms with Gasteiger partial charge in [-0.3, -0.25) is 9.58 Å². The van der Waals surface area contributed by atoms with Crippen LogP contribution in [0.15, 0.2) is 48.8 Å². The zero-order chi connectivity index (χ0) is 14.9. The standard InChI is InChI=1S/C17H17N5/c1-21-15(7-8-19-21)11-22-10-14-9-18-17(20-16(14)12-22)13-5-3-2-4-6-13/h2-9H,10-12H2,1H3. The maximum absolute atomic E-state index is 4.75. The zero-order valence-corrected chi connectivity index (χ0v) is 12.5. The van der Waals surface area contributed by atoms with Crippen LogP contribution < -0.4 is 0 Å². The average Bonchev–Trinajstić information content (AvgIpc) is 3.14.